The van der Waals surface area contributed by atoms with E-state index in [0.717, 1.165) is 0 Å². The molecule has 1 aliphatic rings. The summed E-state index contributed by atoms with van der Waals surface area (Å²) in [5.41, 5.74) is 5.47. The molecule has 82 valence electrons. The van der Waals surface area contributed by atoms with E-state index in [0.29, 0.717) is 12.8 Å². The second-order valence-corrected chi connectivity index (χ2v) is 3.15. The third-order valence-corrected chi connectivity index (χ3v) is 2.23. The zero-order valence-corrected chi connectivity index (χ0v) is 9.54. The summed E-state index contributed by atoms with van der Waals surface area (Å²) in [4.78, 5) is 0. The van der Waals surface area contributed by atoms with Gasteiger partial charge in [0.2, 0.25) is 0 Å². The Morgan fingerprint density at radius 3 is 1.69 bits per heavy atom. The number of hydrogen-bond acceptors (Lipinski definition) is 1. The lowest BCUT2D eigenvalue weighted by Crippen LogP contribution is -2.33. The molecule has 13 heavy (non-hydrogen) atoms. The lowest BCUT2D eigenvalue weighted by Gasteiger charge is -2.27. The van der Waals surface area contributed by atoms with Gasteiger partial charge >= 0.3 is 6.18 Å². The molecule has 0 radical (unpaired) electrons. The molecule has 0 amide bonds. The summed E-state index contributed by atoms with van der Waals surface area (Å²) in [5.74, 6) is -1.10. The van der Waals surface area contributed by atoms with E-state index >= 15 is 0 Å². The summed E-state index contributed by atoms with van der Waals surface area (Å²) in [6.07, 6.45) is -2.54. The van der Waals surface area contributed by atoms with Gasteiger partial charge in [-0.25, -0.2) is 0 Å². The fourth-order valence-corrected chi connectivity index (χ4v) is 1.45. The fourth-order valence-electron chi connectivity index (χ4n) is 1.45. The zero-order chi connectivity index (χ0) is 8.48. The first kappa shape index (κ1) is 16.0. The first-order valence-electron chi connectivity index (χ1n) is 3.82. The maximum atomic E-state index is 12.0. The Hall–Kier alpha value is 0.520. The van der Waals surface area contributed by atoms with Crippen molar-refractivity contribution in [3.63, 3.8) is 0 Å². The molecule has 2 N–H and O–H groups in total. The van der Waals surface area contributed by atoms with E-state index in [1.165, 1.54) is 0 Å². The normalized spacial score (nSPS) is 28.6. The van der Waals surface area contributed by atoms with E-state index in [9.17, 15) is 13.2 Å². The molecule has 0 bridgehead atoms. The van der Waals surface area contributed by atoms with E-state index < -0.39 is 12.1 Å². The van der Waals surface area contributed by atoms with Gasteiger partial charge in [0.15, 0.2) is 0 Å². The molecule has 1 aliphatic carbocycles. The van der Waals surface area contributed by atoms with Gasteiger partial charge < -0.3 is 5.73 Å². The van der Waals surface area contributed by atoms with E-state index in [1.54, 1.807) is 0 Å². The summed E-state index contributed by atoms with van der Waals surface area (Å²) in [6, 6.07) is -0.00593. The Labute approximate surface area is 92.4 Å². The molecule has 0 atom stereocenters. The molecule has 1 saturated carbocycles. The van der Waals surface area contributed by atoms with E-state index in [2.05, 4.69) is 0 Å². The van der Waals surface area contributed by atoms with Crippen LogP contribution >= 0.6 is 29.4 Å². The van der Waals surface area contributed by atoms with Crippen LogP contribution in [-0.2, 0) is 0 Å². The highest BCUT2D eigenvalue weighted by atomic mass is 79.9. The van der Waals surface area contributed by atoms with Crippen molar-refractivity contribution in [1.29, 1.82) is 0 Å². The van der Waals surface area contributed by atoms with Crippen molar-refractivity contribution in [2.24, 2.45) is 11.7 Å². The predicted octanol–water partition coefficient (Wildman–Crippen LogP) is 3.07. The molecule has 0 aliphatic heterocycles. The van der Waals surface area contributed by atoms with Crippen molar-refractivity contribution in [1.82, 2.24) is 0 Å². The number of nitrogens with two attached hydrogens (primary N) is 1. The van der Waals surface area contributed by atoms with Crippen LogP contribution in [0.15, 0.2) is 0 Å². The van der Waals surface area contributed by atoms with Crippen LogP contribution in [0.4, 0.5) is 13.2 Å². The molecule has 0 aromatic heterocycles. The van der Waals surface area contributed by atoms with Gasteiger partial charge in [0.25, 0.3) is 0 Å². The summed E-state index contributed by atoms with van der Waals surface area (Å²) in [6.45, 7) is 0. The first-order valence-corrected chi connectivity index (χ1v) is 3.82. The average molecular weight is 285 g/mol. The smallest absolute Gasteiger partial charge is 0.328 e. The topological polar surface area (TPSA) is 26.0 Å². The summed E-state index contributed by atoms with van der Waals surface area (Å²) < 4.78 is 36.1. The van der Waals surface area contributed by atoms with Crippen molar-refractivity contribution < 1.29 is 13.2 Å². The molecule has 1 nitrogen and oxygen atoms in total. The maximum absolute atomic E-state index is 12.0. The second-order valence-electron chi connectivity index (χ2n) is 3.15. The zero-order valence-electron chi connectivity index (χ0n) is 7.01. The average Bonchev–Trinajstić information content (AvgIpc) is 1.86. The quantitative estimate of drug-likeness (QED) is 0.727. The Balaban J connectivity index is 0. The van der Waals surface area contributed by atoms with Gasteiger partial charge in [-0.1, -0.05) is 0 Å². The monoisotopic (exact) mass is 283 g/mol. The van der Waals surface area contributed by atoms with E-state index in [1.807, 2.05) is 0 Å². The highest BCUT2D eigenvalue weighted by molar-refractivity contribution is 8.93. The second kappa shape index (κ2) is 6.09. The molecule has 6 heteroatoms. The van der Waals surface area contributed by atoms with Crippen LogP contribution in [-0.4, -0.2) is 12.2 Å². The van der Waals surface area contributed by atoms with Crippen molar-refractivity contribution in [3.05, 3.63) is 0 Å². The number of hydrogen-bond donors (Lipinski definition) is 1. The number of halogens is 5. The van der Waals surface area contributed by atoms with Crippen molar-refractivity contribution >= 4 is 29.4 Å². The molecule has 0 spiro atoms. The van der Waals surface area contributed by atoms with Crippen molar-refractivity contribution in [2.75, 3.05) is 0 Å². The van der Waals surface area contributed by atoms with Crippen LogP contribution < -0.4 is 5.73 Å². The standard InChI is InChI=1S/C7H12F3N.BrH.ClH/c8-7(9,10)5-1-3-6(11)4-2-5;;/h5-6H,1-4,11H2;2*1H. The SMILES string of the molecule is Br.Cl.NC1CCC(C(F)(F)F)CC1. The van der Waals surface area contributed by atoms with Gasteiger partial charge in [0.05, 0.1) is 5.92 Å². The predicted molar refractivity (Wildman–Crippen MR) is 53.6 cm³/mol. The molecule has 1 fully saturated rings. The summed E-state index contributed by atoms with van der Waals surface area (Å²) in [5, 5.41) is 0. The summed E-state index contributed by atoms with van der Waals surface area (Å²) in [7, 11) is 0. The van der Waals surface area contributed by atoms with Crippen LogP contribution in [0.25, 0.3) is 0 Å². The molecule has 1 rings (SSSR count). The van der Waals surface area contributed by atoms with Gasteiger partial charge in [0, 0.05) is 6.04 Å². The third kappa shape index (κ3) is 5.08. The van der Waals surface area contributed by atoms with Gasteiger partial charge in [-0.05, 0) is 25.7 Å². The Morgan fingerprint density at radius 2 is 1.38 bits per heavy atom. The molecule has 0 aromatic rings. The van der Waals surface area contributed by atoms with Crippen molar-refractivity contribution in [2.45, 2.75) is 37.9 Å². The molecule has 0 unspecified atom stereocenters. The molecule has 0 saturated heterocycles. The highest BCUT2D eigenvalue weighted by Gasteiger charge is 2.40. The Bertz CT molecular complexity index is 134. The van der Waals surface area contributed by atoms with E-state index in [-0.39, 0.29) is 48.3 Å². The van der Waals surface area contributed by atoms with Crippen LogP contribution in [0.1, 0.15) is 25.7 Å². The van der Waals surface area contributed by atoms with Crippen LogP contribution in [0, 0.1) is 5.92 Å². The number of alkyl halides is 3. The molecular weight excluding hydrogens is 270 g/mol. The third-order valence-electron chi connectivity index (χ3n) is 2.23. The lowest BCUT2D eigenvalue weighted by atomic mass is 9.86. The maximum Gasteiger partial charge on any atom is 0.391 e. The minimum absolute atomic E-state index is 0. The van der Waals surface area contributed by atoms with Gasteiger partial charge in [-0.3, -0.25) is 0 Å². The lowest BCUT2D eigenvalue weighted by molar-refractivity contribution is -0.182. The molecular formula is C7H14BrClF3N. The Morgan fingerprint density at radius 1 is 1.00 bits per heavy atom. The van der Waals surface area contributed by atoms with Crippen LogP contribution in [0.3, 0.4) is 0 Å². The Kier molecular flexibility index (Phi) is 7.48. The first-order chi connectivity index (χ1) is 5.00. The molecule has 0 heterocycles. The highest BCUT2D eigenvalue weighted by Crippen LogP contribution is 2.36. The molecule has 0 aromatic carbocycles. The van der Waals surface area contributed by atoms with Gasteiger partial charge in [0.1, 0.15) is 0 Å². The van der Waals surface area contributed by atoms with Crippen molar-refractivity contribution in [3.8, 4) is 0 Å². The summed E-state index contributed by atoms with van der Waals surface area (Å²) >= 11 is 0. The van der Waals surface area contributed by atoms with Crippen LogP contribution in [0.2, 0.25) is 0 Å². The van der Waals surface area contributed by atoms with Crippen LogP contribution in [0.5, 0.6) is 0 Å². The van der Waals surface area contributed by atoms with E-state index in [4.69, 9.17) is 5.73 Å². The fraction of sp³-hybridized carbons (Fsp3) is 1.00. The minimum atomic E-state index is -4.00. The minimum Gasteiger partial charge on any atom is -0.328 e. The largest absolute Gasteiger partial charge is 0.391 e. The van der Waals surface area contributed by atoms with Gasteiger partial charge in [-0.15, -0.1) is 29.4 Å². The van der Waals surface area contributed by atoms with Gasteiger partial charge in [-0.2, -0.15) is 13.2 Å². The number of rotatable bonds is 0.